The maximum absolute atomic E-state index is 11.8. The van der Waals surface area contributed by atoms with Gasteiger partial charge in [0.2, 0.25) is 0 Å². The van der Waals surface area contributed by atoms with E-state index in [0.717, 1.165) is 25.7 Å². The van der Waals surface area contributed by atoms with Crippen molar-refractivity contribution in [3.05, 3.63) is 77.9 Å². The van der Waals surface area contributed by atoms with Crippen molar-refractivity contribution in [2.75, 3.05) is 18.5 Å². The molecule has 2 aliphatic rings. The highest BCUT2D eigenvalue weighted by atomic mass is 16.5. The smallest absolute Gasteiger partial charge is 0.407 e. The molecule has 1 unspecified atom stereocenters. The summed E-state index contributed by atoms with van der Waals surface area (Å²) in [5, 5.41) is 6.31. The Balaban J connectivity index is 0.00000136. The van der Waals surface area contributed by atoms with Crippen molar-refractivity contribution in [3.63, 3.8) is 0 Å². The highest BCUT2D eigenvalue weighted by molar-refractivity contribution is 5.67. The number of aryl methyl sites for hydroxylation is 1. The van der Waals surface area contributed by atoms with Gasteiger partial charge >= 0.3 is 6.09 Å². The number of ether oxygens (including phenoxy) is 1. The van der Waals surface area contributed by atoms with Crippen molar-refractivity contribution in [2.45, 2.75) is 31.7 Å². The highest BCUT2D eigenvalue weighted by Crippen LogP contribution is 2.23. The first kappa shape index (κ1) is 21.1. The number of alkyl carbamates (subject to hydrolysis) is 1. The SMILES string of the molecule is C#C.O=C(NCC1CCc2ccccc2N1)OC/C=C\C/C=C1/C=CC=CC1. The lowest BCUT2D eigenvalue weighted by molar-refractivity contribution is 0.157. The quantitative estimate of drug-likeness (QED) is 0.555. The van der Waals surface area contributed by atoms with Gasteiger partial charge in [-0.05, 0) is 42.9 Å². The second-order valence-electron chi connectivity index (χ2n) is 6.49. The molecule has 28 heavy (non-hydrogen) atoms. The van der Waals surface area contributed by atoms with Gasteiger partial charge in [0.1, 0.15) is 6.61 Å². The van der Waals surface area contributed by atoms with Crippen molar-refractivity contribution in [3.8, 4) is 12.8 Å². The summed E-state index contributed by atoms with van der Waals surface area (Å²) in [4.78, 5) is 11.8. The molecule has 4 heteroatoms. The minimum Gasteiger partial charge on any atom is -0.445 e. The first-order valence-electron chi connectivity index (χ1n) is 9.57. The van der Waals surface area contributed by atoms with Crippen molar-refractivity contribution < 1.29 is 9.53 Å². The number of anilines is 1. The number of rotatable bonds is 6. The van der Waals surface area contributed by atoms with Crippen molar-refractivity contribution >= 4 is 11.8 Å². The molecule has 1 aliphatic carbocycles. The number of nitrogens with one attached hydrogen (secondary N) is 2. The number of para-hydroxylation sites is 1. The summed E-state index contributed by atoms with van der Waals surface area (Å²) in [5.74, 6) is 0. The number of hydrogen-bond donors (Lipinski definition) is 2. The van der Waals surface area contributed by atoms with E-state index in [1.807, 2.05) is 24.3 Å². The third-order valence-electron chi connectivity index (χ3n) is 4.54. The summed E-state index contributed by atoms with van der Waals surface area (Å²) in [5.41, 5.74) is 3.82. The molecule has 1 aromatic rings. The average molecular weight is 377 g/mol. The Labute approximate surface area is 168 Å². The van der Waals surface area contributed by atoms with Gasteiger partial charge in [0.25, 0.3) is 0 Å². The highest BCUT2D eigenvalue weighted by Gasteiger charge is 2.17. The van der Waals surface area contributed by atoms with Crippen LogP contribution in [0.3, 0.4) is 0 Å². The van der Waals surface area contributed by atoms with Gasteiger partial charge in [0.05, 0.1) is 0 Å². The zero-order valence-electron chi connectivity index (χ0n) is 16.1. The molecule has 1 amide bonds. The molecular weight excluding hydrogens is 348 g/mol. The molecular formula is C24H28N2O2. The molecule has 0 bridgehead atoms. The molecule has 146 valence electrons. The summed E-state index contributed by atoms with van der Waals surface area (Å²) < 4.78 is 5.18. The first-order chi connectivity index (χ1) is 13.8. The summed E-state index contributed by atoms with van der Waals surface area (Å²) in [6.45, 7) is 0.870. The maximum atomic E-state index is 11.8. The number of hydrogen-bond acceptors (Lipinski definition) is 3. The fraction of sp³-hybridized carbons (Fsp3) is 0.292. The van der Waals surface area contributed by atoms with Gasteiger partial charge in [-0.2, -0.15) is 0 Å². The van der Waals surface area contributed by atoms with Crippen LogP contribution in [0.15, 0.2) is 72.4 Å². The van der Waals surface area contributed by atoms with Crippen LogP contribution in [0, 0.1) is 12.8 Å². The Morgan fingerprint density at radius 2 is 2.11 bits per heavy atom. The van der Waals surface area contributed by atoms with Crippen molar-refractivity contribution in [1.29, 1.82) is 0 Å². The van der Waals surface area contributed by atoms with Gasteiger partial charge in [-0.15, -0.1) is 12.8 Å². The Bertz CT molecular complexity index is 772. The Morgan fingerprint density at radius 1 is 1.25 bits per heavy atom. The van der Waals surface area contributed by atoms with Crippen LogP contribution in [-0.4, -0.2) is 25.3 Å². The van der Waals surface area contributed by atoms with Crippen LogP contribution in [0.5, 0.6) is 0 Å². The van der Waals surface area contributed by atoms with E-state index >= 15 is 0 Å². The monoisotopic (exact) mass is 376 g/mol. The predicted octanol–water partition coefficient (Wildman–Crippen LogP) is 4.78. The Kier molecular flexibility index (Phi) is 9.23. The van der Waals surface area contributed by atoms with Crippen molar-refractivity contribution in [2.24, 2.45) is 0 Å². The predicted molar refractivity (Wildman–Crippen MR) is 116 cm³/mol. The minimum absolute atomic E-state index is 0.247. The normalized spacial score (nSPS) is 18.6. The van der Waals surface area contributed by atoms with Crippen LogP contribution in [-0.2, 0) is 11.2 Å². The average Bonchev–Trinajstić information content (AvgIpc) is 2.76. The fourth-order valence-corrected chi connectivity index (χ4v) is 3.10. The second kappa shape index (κ2) is 12.2. The van der Waals surface area contributed by atoms with Gasteiger partial charge in [0.15, 0.2) is 0 Å². The molecule has 0 saturated heterocycles. The van der Waals surface area contributed by atoms with E-state index in [2.05, 4.69) is 66.0 Å². The molecule has 0 radical (unpaired) electrons. The third-order valence-corrected chi connectivity index (χ3v) is 4.54. The van der Waals surface area contributed by atoms with Gasteiger partial charge in [-0.25, -0.2) is 4.79 Å². The minimum atomic E-state index is -0.367. The number of carbonyl (C=O) groups excluding carboxylic acids is 1. The topological polar surface area (TPSA) is 50.4 Å². The summed E-state index contributed by atoms with van der Waals surface area (Å²) >= 11 is 0. The van der Waals surface area contributed by atoms with Crippen LogP contribution in [0.2, 0.25) is 0 Å². The number of carbonyl (C=O) groups is 1. The lowest BCUT2D eigenvalue weighted by Crippen LogP contribution is -2.38. The lowest BCUT2D eigenvalue weighted by atomic mass is 9.98. The molecule has 1 heterocycles. The van der Waals surface area contributed by atoms with Gasteiger partial charge in [-0.3, -0.25) is 0 Å². The number of terminal acetylenes is 1. The first-order valence-corrected chi connectivity index (χ1v) is 9.57. The summed E-state index contributed by atoms with van der Waals surface area (Å²) in [7, 11) is 0. The zero-order chi connectivity index (χ0) is 20.0. The summed E-state index contributed by atoms with van der Waals surface area (Å²) in [6, 6.07) is 8.56. The van der Waals surface area contributed by atoms with E-state index in [0.29, 0.717) is 13.2 Å². The van der Waals surface area contributed by atoms with E-state index in [4.69, 9.17) is 4.74 Å². The Hall–Kier alpha value is -3.19. The van der Waals surface area contributed by atoms with Crippen LogP contribution in [0.4, 0.5) is 10.5 Å². The molecule has 0 spiro atoms. The van der Waals surface area contributed by atoms with Crippen LogP contribution in [0.25, 0.3) is 0 Å². The molecule has 0 fully saturated rings. The number of allylic oxidation sites excluding steroid dienone is 7. The second-order valence-corrected chi connectivity index (χ2v) is 6.49. The van der Waals surface area contributed by atoms with Crippen LogP contribution in [0.1, 0.15) is 24.8 Å². The molecule has 4 nitrogen and oxygen atoms in total. The van der Waals surface area contributed by atoms with E-state index in [9.17, 15) is 4.79 Å². The number of benzene rings is 1. The van der Waals surface area contributed by atoms with Gasteiger partial charge < -0.3 is 15.4 Å². The standard InChI is InChI=1S/C22H26N2O2.C2H2/c25-22(26-16-8-2-5-11-18-9-3-1-4-10-18)23-17-20-15-14-19-12-6-7-13-21(19)24-20;1-2/h1-4,6-9,11-13,20,24H,5,10,14-17H2,(H,23,25);1-2H/b8-2-,18-11-;. The van der Waals surface area contributed by atoms with E-state index < -0.39 is 0 Å². The van der Waals surface area contributed by atoms with Crippen LogP contribution < -0.4 is 10.6 Å². The van der Waals surface area contributed by atoms with E-state index in [1.54, 1.807) is 0 Å². The van der Waals surface area contributed by atoms with E-state index in [-0.39, 0.29) is 12.1 Å². The fourth-order valence-electron chi connectivity index (χ4n) is 3.10. The summed E-state index contributed by atoms with van der Waals surface area (Å²) in [6.07, 6.45) is 26.0. The molecule has 2 N–H and O–H groups in total. The number of fused-ring (bicyclic) bond motifs is 1. The molecule has 0 saturated carbocycles. The molecule has 0 aromatic heterocycles. The van der Waals surface area contributed by atoms with Gasteiger partial charge in [0, 0.05) is 18.3 Å². The zero-order valence-corrected chi connectivity index (χ0v) is 16.1. The van der Waals surface area contributed by atoms with Crippen LogP contribution >= 0.6 is 0 Å². The largest absolute Gasteiger partial charge is 0.445 e. The Morgan fingerprint density at radius 3 is 2.93 bits per heavy atom. The van der Waals surface area contributed by atoms with Crippen molar-refractivity contribution in [1.82, 2.24) is 5.32 Å². The molecule has 1 aromatic carbocycles. The van der Waals surface area contributed by atoms with E-state index in [1.165, 1.54) is 16.8 Å². The molecule has 3 rings (SSSR count). The maximum Gasteiger partial charge on any atom is 0.407 e. The molecule has 1 atom stereocenters. The molecule has 1 aliphatic heterocycles. The van der Waals surface area contributed by atoms with Gasteiger partial charge in [-0.1, -0.05) is 60.7 Å². The lowest BCUT2D eigenvalue weighted by Gasteiger charge is -2.27. The number of amides is 1. The third kappa shape index (κ3) is 7.20.